The van der Waals surface area contributed by atoms with Crippen molar-refractivity contribution in [1.29, 1.82) is 0 Å². The van der Waals surface area contributed by atoms with Crippen LogP contribution in [-0.2, 0) is 9.59 Å². The highest BCUT2D eigenvalue weighted by Crippen LogP contribution is 2.24. The zero-order valence-corrected chi connectivity index (χ0v) is 13.9. The van der Waals surface area contributed by atoms with Gasteiger partial charge in [-0.2, -0.15) is 9.98 Å². The van der Waals surface area contributed by atoms with Crippen molar-refractivity contribution in [2.75, 3.05) is 0 Å². The Morgan fingerprint density at radius 1 is 0.840 bits per heavy atom. The Labute approximate surface area is 147 Å². The highest BCUT2D eigenvalue weighted by atomic mass is 16.1. The van der Waals surface area contributed by atoms with Crippen molar-refractivity contribution in [3.8, 4) is 11.1 Å². The fourth-order valence-electron chi connectivity index (χ4n) is 2.41. The van der Waals surface area contributed by atoms with E-state index in [1.165, 1.54) is 23.3 Å². The number of aliphatic imine (C=N–C) groups is 2. The molecule has 1 aliphatic carbocycles. The molecule has 0 spiro atoms. The number of nitrogens with zero attached hydrogens (tertiary/aromatic N) is 2. The molecule has 1 aliphatic rings. The van der Waals surface area contributed by atoms with Crippen molar-refractivity contribution < 1.29 is 9.59 Å². The summed E-state index contributed by atoms with van der Waals surface area (Å²) in [5.41, 5.74) is 1.75. The van der Waals surface area contributed by atoms with Crippen LogP contribution < -0.4 is 0 Å². The minimum Gasteiger partial charge on any atom is -0.211 e. The van der Waals surface area contributed by atoms with Gasteiger partial charge in [0.15, 0.2) is 0 Å². The van der Waals surface area contributed by atoms with Crippen LogP contribution >= 0.6 is 0 Å². The number of benzene rings is 2. The topological polar surface area (TPSA) is 58.9 Å². The molecule has 2 aromatic rings. The van der Waals surface area contributed by atoms with Gasteiger partial charge in [-0.05, 0) is 18.1 Å². The van der Waals surface area contributed by atoms with Crippen LogP contribution in [-0.4, -0.2) is 23.7 Å². The Kier molecular flexibility index (Phi) is 6.56. The first-order valence-corrected chi connectivity index (χ1v) is 7.82. The van der Waals surface area contributed by atoms with Gasteiger partial charge < -0.3 is 0 Å². The van der Waals surface area contributed by atoms with Gasteiger partial charge in [-0.15, -0.1) is 0 Å². The molecular weight excluding hydrogens is 312 g/mol. The second kappa shape index (κ2) is 9.09. The summed E-state index contributed by atoms with van der Waals surface area (Å²) in [6, 6.07) is 20.3. The molecule has 0 bridgehead atoms. The molecule has 124 valence electrons. The molecule has 0 aliphatic heterocycles. The number of isocyanates is 2. The van der Waals surface area contributed by atoms with Crippen LogP contribution in [0.1, 0.15) is 6.92 Å². The zero-order chi connectivity index (χ0) is 18.0. The summed E-state index contributed by atoms with van der Waals surface area (Å²) >= 11 is 0. The van der Waals surface area contributed by atoms with E-state index in [0.29, 0.717) is 0 Å². The van der Waals surface area contributed by atoms with Gasteiger partial charge in [0.25, 0.3) is 0 Å². The Morgan fingerprint density at radius 3 is 1.88 bits per heavy atom. The summed E-state index contributed by atoms with van der Waals surface area (Å²) in [7, 11) is 0. The van der Waals surface area contributed by atoms with Gasteiger partial charge in [0.2, 0.25) is 12.2 Å². The summed E-state index contributed by atoms with van der Waals surface area (Å²) in [6.07, 6.45) is 9.79. The molecule has 2 aromatic carbocycles. The summed E-state index contributed by atoms with van der Waals surface area (Å²) in [6.45, 7) is 1.70. The Hall–Kier alpha value is -3.32. The van der Waals surface area contributed by atoms with Crippen LogP contribution in [0.3, 0.4) is 0 Å². The van der Waals surface area contributed by atoms with E-state index in [4.69, 9.17) is 0 Å². The zero-order valence-electron chi connectivity index (χ0n) is 13.9. The molecule has 4 nitrogen and oxygen atoms in total. The molecule has 0 N–H and O–H groups in total. The minimum atomic E-state index is -0.798. The number of rotatable bonds is 3. The number of carbonyl (C=O) groups excluding carboxylic acids is 2. The van der Waals surface area contributed by atoms with Crippen LogP contribution in [0.4, 0.5) is 0 Å². The van der Waals surface area contributed by atoms with Gasteiger partial charge in [0.05, 0.1) is 0 Å². The number of hydrogen-bond donors (Lipinski definition) is 0. The fourth-order valence-corrected chi connectivity index (χ4v) is 2.41. The van der Waals surface area contributed by atoms with Crippen LogP contribution in [0.5, 0.6) is 0 Å². The van der Waals surface area contributed by atoms with Crippen molar-refractivity contribution in [2.45, 2.75) is 18.5 Å². The first-order chi connectivity index (χ1) is 12.2. The van der Waals surface area contributed by atoms with Crippen molar-refractivity contribution in [2.24, 2.45) is 9.98 Å². The molecule has 0 aromatic heterocycles. The molecule has 0 saturated heterocycles. The van der Waals surface area contributed by atoms with Crippen molar-refractivity contribution in [3.05, 3.63) is 85.0 Å². The molecule has 2 unspecified atom stereocenters. The summed E-state index contributed by atoms with van der Waals surface area (Å²) in [5, 5.41) is 0. The maximum absolute atomic E-state index is 10.1. The fraction of sp³-hybridized carbons (Fsp3) is 0.143. The molecule has 0 amide bonds. The van der Waals surface area contributed by atoms with Crippen LogP contribution in [0.2, 0.25) is 0 Å². The predicted octanol–water partition coefficient (Wildman–Crippen LogP) is 4.26. The van der Waals surface area contributed by atoms with Gasteiger partial charge in [0, 0.05) is 0 Å². The minimum absolute atomic E-state index is 0.462. The molecule has 0 radical (unpaired) electrons. The van der Waals surface area contributed by atoms with Gasteiger partial charge >= 0.3 is 0 Å². The van der Waals surface area contributed by atoms with E-state index in [9.17, 15) is 9.59 Å². The number of hydrogen-bond acceptors (Lipinski definition) is 4. The van der Waals surface area contributed by atoms with Crippen molar-refractivity contribution in [3.63, 3.8) is 0 Å². The third kappa shape index (κ3) is 5.08. The first kappa shape index (κ1) is 18.0. The molecule has 25 heavy (non-hydrogen) atoms. The molecule has 2 atom stereocenters. The average Bonchev–Trinajstić information content (AvgIpc) is 2.66. The lowest BCUT2D eigenvalue weighted by Gasteiger charge is -2.25. The van der Waals surface area contributed by atoms with Gasteiger partial charge in [-0.1, -0.05) is 85.0 Å². The summed E-state index contributed by atoms with van der Waals surface area (Å²) in [5.74, 6) is 0. The van der Waals surface area contributed by atoms with E-state index in [1.54, 1.807) is 31.2 Å². The Bertz CT molecular complexity index is 793. The standard InChI is InChI=1S/C12H10.C9H8N2O2/c1-3-7-11(8-4-1)12-9-5-2-6-10-12;1-9(11-7-13)5-3-2-4-8(9)10-6-12/h1-10H;2-5,8H,1H3. The lowest BCUT2D eigenvalue weighted by atomic mass is 9.89. The summed E-state index contributed by atoms with van der Waals surface area (Å²) < 4.78 is 0. The maximum Gasteiger partial charge on any atom is 0.235 e. The van der Waals surface area contributed by atoms with E-state index in [-0.39, 0.29) is 0 Å². The number of allylic oxidation sites excluding steroid dienone is 2. The first-order valence-electron chi connectivity index (χ1n) is 7.82. The summed E-state index contributed by atoms with van der Waals surface area (Å²) in [4.78, 5) is 27.4. The molecule has 0 fully saturated rings. The third-order valence-electron chi connectivity index (χ3n) is 3.80. The van der Waals surface area contributed by atoms with Crippen molar-refractivity contribution >= 4 is 12.2 Å². The van der Waals surface area contributed by atoms with E-state index in [2.05, 4.69) is 58.5 Å². The smallest absolute Gasteiger partial charge is 0.211 e. The van der Waals surface area contributed by atoms with Crippen LogP contribution in [0.15, 0.2) is 95.0 Å². The molecular formula is C21H18N2O2. The van der Waals surface area contributed by atoms with Crippen molar-refractivity contribution in [1.82, 2.24) is 0 Å². The molecule has 0 saturated carbocycles. The Morgan fingerprint density at radius 2 is 1.40 bits per heavy atom. The average molecular weight is 330 g/mol. The monoisotopic (exact) mass is 330 g/mol. The lowest BCUT2D eigenvalue weighted by molar-refractivity contribution is 0.495. The Balaban J connectivity index is 0.000000181. The van der Waals surface area contributed by atoms with Crippen LogP contribution in [0.25, 0.3) is 11.1 Å². The quantitative estimate of drug-likeness (QED) is 0.623. The van der Waals surface area contributed by atoms with E-state index >= 15 is 0 Å². The molecule has 0 heterocycles. The van der Waals surface area contributed by atoms with Crippen LogP contribution in [0, 0.1) is 0 Å². The molecule has 4 heteroatoms. The highest BCUT2D eigenvalue weighted by molar-refractivity contribution is 5.62. The normalized spacial score (nSPS) is 20.4. The largest absolute Gasteiger partial charge is 0.235 e. The third-order valence-corrected chi connectivity index (χ3v) is 3.80. The SMILES string of the molecule is CC1(N=C=O)C=CC=CC1N=C=O.c1ccc(-c2ccccc2)cc1. The molecule has 3 rings (SSSR count). The van der Waals surface area contributed by atoms with Gasteiger partial charge in [0.1, 0.15) is 11.6 Å². The maximum atomic E-state index is 10.1. The van der Waals surface area contributed by atoms with E-state index in [0.717, 1.165) is 0 Å². The highest BCUT2D eigenvalue weighted by Gasteiger charge is 2.31. The second-order valence-electron chi connectivity index (χ2n) is 5.57. The predicted molar refractivity (Wildman–Crippen MR) is 98.6 cm³/mol. The van der Waals surface area contributed by atoms with Gasteiger partial charge in [-0.3, -0.25) is 0 Å². The lowest BCUT2D eigenvalue weighted by Crippen LogP contribution is -2.33. The van der Waals surface area contributed by atoms with E-state index < -0.39 is 11.6 Å². The second-order valence-corrected chi connectivity index (χ2v) is 5.57. The van der Waals surface area contributed by atoms with Gasteiger partial charge in [-0.25, -0.2) is 9.59 Å². The van der Waals surface area contributed by atoms with E-state index in [1.807, 2.05) is 12.1 Å².